The molecule has 0 saturated heterocycles. The Morgan fingerprint density at radius 2 is 2.00 bits per heavy atom. The standard InChI is InChI=1S/C15H11ClFN3O/c1-8-4-11(17)2-3-13(8)14-19-15(21-20-14)9-5-10(16)7-12(18)6-9/h2-7H,18H2,1H3. The fourth-order valence-electron chi connectivity index (χ4n) is 2.06. The van der Waals surface area contributed by atoms with Crippen LogP contribution in [0.2, 0.25) is 5.02 Å². The maximum atomic E-state index is 13.1. The van der Waals surface area contributed by atoms with Gasteiger partial charge >= 0.3 is 0 Å². The predicted molar refractivity (Wildman–Crippen MR) is 79.3 cm³/mol. The minimum Gasteiger partial charge on any atom is -0.399 e. The second-order valence-electron chi connectivity index (χ2n) is 4.66. The van der Waals surface area contributed by atoms with Crippen LogP contribution in [0.15, 0.2) is 40.9 Å². The normalized spacial score (nSPS) is 10.8. The molecule has 0 spiro atoms. The zero-order valence-corrected chi connectivity index (χ0v) is 11.9. The van der Waals surface area contributed by atoms with Gasteiger partial charge in [-0.05, 0) is 48.9 Å². The number of rotatable bonds is 2. The quantitative estimate of drug-likeness (QED) is 0.724. The fourth-order valence-corrected chi connectivity index (χ4v) is 2.31. The first-order valence-corrected chi connectivity index (χ1v) is 6.57. The van der Waals surface area contributed by atoms with Gasteiger partial charge in [0.2, 0.25) is 5.82 Å². The third-order valence-corrected chi connectivity index (χ3v) is 3.24. The number of nitrogens with zero attached hydrogens (tertiary/aromatic N) is 2. The lowest BCUT2D eigenvalue weighted by atomic mass is 10.1. The van der Waals surface area contributed by atoms with Crippen LogP contribution in [-0.2, 0) is 0 Å². The summed E-state index contributed by atoms with van der Waals surface area (Å²) in [6.45, 7) is 1.78. The van der Waals surface area contributed by atoms with Crippen molar-refractivity contribution in [2.24, 2.45) is 0 Å². The first-order valence-electron chi connectivity index (χ1n) is 6.19. The number of nitrogen functional groups attached to an aromatic ring is 1. The highest BCUT2D eigenvalue weighted by Crippen LogP contribution is 2.28. The van der Waals surface area contributed by atoms with E-state index in [1.807, 2.05) is 0 Å². The maximum absolute atomic E-state index is 13.1. The molecule has 0 atom stereocenters. The molecular formula is C15H11ClFN3O. The molecule has 0 unspecified atom stereocenters. The topological polar surface area (TPSA) is 64.9 Å². The summed E-state index contributed by atoms with van der Waals surface area (Å²) in [4.78, 5) is 4.31. The molecule has 0 fully saturated rings. The van der Waals surface area contributed by atoms with Gasteiger partial charge in [0.25, 0.3) is 5.89 Å². The molecule has 6 heteroatoms. The van der Waals surface area contributed by atoms with Crippen LogP contribution < -0.4 is 5.73 Å². The molecule has 0 radical (unpaired) electrons. The molecule has 4 nitrogen and oxygen atoms in total. The van der Waals surface area contributed by atoms with E-state index in [9.17, 15) is 4.39 Å². The van der Waals surface area contributed by atoms with Crippen LogP contribution in [0.25, 0.3) is 22.8 Å². The van der Waals surface area contributed by atoms with Crippen molar-refractivity contribution < 1.29 is 8.91 Å². The Balaban J connectivity index is 2.03. The summed E-state index contributed by atoms with van der Waals surface area (Å²) in [5, 5.41) is 4.41. The van der Waals surface area contributed by atoms with Crippen LogP contribution in [0.1, 0.15) is 5.56 Å². The summed E-state index contributed by atoms with van der Waals surface area (Å²) in [5.41, 5.74) is 8.33. The molecule has 1 aromatic heterocycles. The highest BCUT2D eigenvalue weighted by atomic mass is 35.5. The highest BCUT2D eigenvalue weighted by Gasteiger charge is 2.13. The van der Waals surface area contributed by atoms with E-state index in [2.05, 4.69) is 10.1 Å². The molecule has 0 aliphatic carbocycles. The van der Waals surface area contributed by atoms with Crippen LogP contribution in [-0.4, -0.2) is 10.1 Å². The number of hydrogen-bond acceptors (Lipinski definition) is 4. The number of nitrogens with two attached hydrogens (primary N) is 1. The average molecular weight is 304 g/mol. The van der Waals surface area contributed by atoms with Gasteiger partial charge in [0, 0.05) is 21.8 Å². The number of halogens is 2. The van der Waals surface area contributed by atoms with Crippen LogP contribution in [0.4, 0.5) is 10.1 Å². The molecule has 21 heavy (non-hydrogen) atoms. The Hall–Kier alpha value is -2.40. The van der Waals surface area contributed by atoms with Crippen molar-refractivity contribution in [3.05, 3.63) is 52.8 Å². The molecular weight excluding hydrogens is 293 g/mol. The summed E-state index contributed by atoms with van der Waals surface area (Å²) in [6.07, 6.45) is 0. The number of anilines is 1. The Morgan fingerprint density at radius 3 is 2.71 bits per heavy atom. The molecule has 0 aliphatic rings. The minimum absolute atomic E-state index is 0.303. The predicted octanol–water partition coefficient (Wildman–Crippen LogP) is 4.09. The van der Waals surface area contributed by atoms with E-state index in [1.165, 1.54) is 12.1 Å². The van der Waals surface area contributed by atoms with Gasteiger partial charge in [-0.1, -0.05) is 16.8 Å². The van der Waals surface area contributed by atoms with E-state index in [0.29, 0.717) is 33.6 Å². The number of aryl methyl sites for hydroxylation is 1. The molecule has 3 rings (SSSR count). The first-order chi connectivity index (χ1) is 10.0. The Kier molecular flexibility index (Phi) is 3.35. The largest absolute Gasteiger partial charge is 0.399 e. The van der Waals surface area contributed by atoms with Gasteiger partial charge in [0.1, 0.15) is 5.82 Å². The lowest BCUT2D eigenvalue weighted by molar-refractivity contribution is 0.432. The molecule has 2 aromatic carbocycles. The van der Waals surface area contributed by atoms with Gasteiger partial charge in [0.15, 0.2) is 0 Å². The number of benzene rings is 2. The highest BCUT2D eigenvalue weighted by molar-refractivity contribution is 6.31. The fraction of sp³-hybridized carbons (Fsp3) is 0.0667. The van der Waals surface area contributed by atoms with Crippen LogP contribution in [0, 0.1) is 12.7 Å². The molecule has 2 N–H and O–H groups in total. The van der Waals surface area contributed by atoms with Gasteiger partial charge in [0.05, 0.1) is 0 Å². The summed E-state index contributed by atoms with van der Waals surface area (Å²) >= 11 is 5.95. The monoisotopic (exact) mass is 303 g/mol. The van der Waals surface area contributed by atoms with E-state index in [-0.39, 0.29) is 5.82 Å². The molecule has 0 amide bonds. The van der Waals surface area contributed by atoms with E-state index in [0.717, 1.165) is 5.56 Å². The second-order valence-corrected chi connectivity index (χ2v) is 5.09. The zero-order chi connectivity index (χ0) is 15.0. The van der Waals surface area contributed by atoms with Crippen molar-refractivity contribution in [1.82, 2.24) is 10.1 Å². The lowest BCUT2D eigenvalue weighted by Crippen LogP contribution is -1.88. The SMILES string of the molecule is Cc1cc(F)ccc1-c1noc(-c2cc(N)cc(Cl)c2)n1. The summed E-state index contributed by atoms with van der Waals surface area (Å²) < 4.78 is 18.4. The first kappa shape index (κ1) is 13.6. The Bertz CT molecular complexity index is 796. The van der Waals surface area contributed by atoms with Gasteiger partial charge in [-0.25, -0.2) is 4.39 Å². The molecule has 0 aliphatic heterocycles. The summed E-state index contributed by atoms with van der Waals surface area (Å²) in [5.74, 6) is 0.395. The van der Waals surface area contributed by atoms with E-state index >= 15 is 0 Å². The Morgan fingerprint density at radius 1 is 1.19 bits per heavy atom. The van der Waals surface area contributed by atoms with Crippen molar-refractivity contribution in [1.29, 1.82) is 0 Å². The van der Waals surface area contributed by atoms with Crippen molar-refractivity contribution in [3.8, 4) is 22.8 Å². The molecule has 0 bridgehead atoms. The molecule has 1 heterocycles. The lowest BCUT2D eigenvalue weighted by Gasteiger charge is -2.00. The van der Waals surface area contributed by atoms with Crippen LogP contribution >= 0.6 is 11.6 Å². The zero-order valence-electron chi connectivity index (χ0n) is 11.1. The van der Waals surface area contributed by atoms with Crippen molar-refractivity contribution in [2.45, 2.75) is 6.92 Å². The average Bonchev–Trinajstić information content (AvgIpc) is 2.87. The number of hydrogen-bond donors (Lipinski definition) is 1. The number of aromatic nitrogens is 2. The smallest absolute Gasteiger partial charge is 0.258 e. The maximum Gasteiger partial charge on any atom is 0.258 e. The molecule has 3 aromatic rings. The van der Waals surface area contributed by atoms with Crippen LogP contribution in [0.5, 0.6) is 0 Å². The van der Waals surface area contributed by atoms with Gasteiger partial charge < -0.3 is 10.3 Å². The molecule has 106 valence electrons. The van der Waals surface area contributed by atoms with Crippen molar-refractivity contribution in [2.75, 3.05) is 5.73 Å². The van der Waals surface area contributed by atoms with Gasteiger partial charge in [-0.15, -0.1) is 0 Å². The minimum atomic E-state index is -0.303. The third kappa shape index (κ3) is 2.73. The summed E-state index contributed by atoms with van der Waals surface area (Å²) in [7, 11) is 0. The van der Waals surface area contributed by atoms with E-state index < -0.39 is 0 Å². The second kappa shape index (κ2) is 5.18. The van der Waals surface area contributed by atoms with Crippen molar-refractivity contribution in [3.63, 3.8) is 0 Å². The summed E-state index contributed by atoms with van der Waals surface area (Å²) in [6, 6.07) is 9.41. The van der Waals surface area contributed by atoms with E-state index in [4.69, 9.17) is 21.9 Å². The Labute approximate surface area is 125 Å². The van der Waals surface area contributed by atoms with Crippen LogP contribution in [0.3, 0.4) is 0 Å². The van der Waals surface area contributed by atoms with E-state index in [1.54, 1.807) is 31.2 Å². The molecule has 0 saturated carbocycles. The third-order valence-electron chi connectivity index (χ3n) is 3.02. The van der Waals surface area contributed by atoms with Crippen molar-refractivity contribution >= 4 is 17.3 Å². The van der Waals surface area contributed by atoms with Gasteiger partial charge in [-0.2, -0.15) is 4.98 Å². The van der Waals surface area contributed by atoms with Gasteiger partial charge in [-0.3, -0.25) is 0 Å².